The van der Waals surface area contributed by atoms with Gasteiger partial charge in [0, 0.05) is 33.0 Å². The van der Waals surface area contributed by atoms with E-state index in [1.54, 1.807) is 0 Å². The summed E-state index contributed by atoms with van der Waals surface area (Å²) in [5.74, 6) is 0.455. The van der Waals surface area contributed by atoms with Gasteiger partial charge in [0.2, 0.25) is 0 Å². The summed E-state index contributed by atoms with van der Waals surface area (Å²) in [6.45, 7) is 5.95. The Morgan fingerprint density at radius 2 is 0.964 bits per heavy atom. The minimum Gasteiger partial charge on any atom is -0.455 e. The Hall–Kier alpha value is -7.43. The number of nitrogens with zero attached hydrogens (tertiary/aromatic N) is 2. The molecule has 1 N–H and O–H groups in total. The molecule has 0 bridgehead atoms. The van der Waals surface area contributed by atoms with Gasteiger partial charge in [-0.25, -0.2) is 9.98 Å². The van der Waals surface area contributed by atoms with Crippen molar-refractivity contribution in [3.63, 3.8) is 0 Å². The van der Waals surface area contributed by atoms with Crippen LogP contribution >= 0.6 is 0 Å². The molecule has 1 aromatic heterocycles. The summed E-state index contributed by atoms with van der Waals surface area (Å²) in [4.78, 5) is 9.20. The molecule has 268 valence electrons. The maximum Gasteiger partial charge on any atom is 0.161 e. The molecule has 1 heterocycles. The number of aryl methyl sites for hydroxylation is 1. The van der Waals surface area contributed by atoms with Crippen molar-refractivity contribution in [3.05, 3.63) is 217 Å². The molecule has 0 aliphatic heterocycles. The second-order valence-electron chi connectivity index (χ2n) is 13.5. The Bertz CT molecular complexity index is 2810. The highest BCUT2D eigenvalue weighted by molar-refractivity contribution is 6.24. The van der Waals surface area contributed by atoms with Gasteiger partial charge in [0.05, 0.1) is 0 Å². The molecule has 9 rings (SSSR count). The lowest BCUT2D eigenvalue weighted by atomic mass is 9.93. The number of amidine groups is 2. The van der Waals surface area contributed by atoms with Crippen molar-refractivity contribution >= 4 is 40.3 Å². The van der Waals surface area contributed by atoms with Gasteiger partial charge in [-0.1, -0.05) is 181 Å². The van der Waals surface area contributed by atoms with Crippen molar-refractivity contribution < 1.29 is 4.42 Å². The van der Waals surface area contributed by atoms with Crippen molar-refractivity contribution in [2.75, 3.05) is 0 Å². The maximum atomic E-state index is 9.48. The molecule has 0 atom stereocenters. The van der Waals surface area contributed by atoms with E-state index >= 15 is 0 Å². The third kappa shape index (κ3) is 7.37. The highest BCUT2D eigenvalue weighted by atomic mass is 16.3. The molecule has 0 radical (unpaired) electrons. The summed E-state index contributed by atoms with van der Waals surface area (Å²) in [7, 11) is 0. The van der Waals surface area contributed by atoms with Crippen molar-refractivity contribution in [1.29, 1.82) is 5.41 Å². The van der Waals surface area contributed by atoms with E-state index < -0.39 is 0 Å². The van der Waals surface area contributed by atoms with E-state index in [9.17, 15) is 5.41 Å². The Morgan fingerprint density at radius 3 is 1.52 bits per heavy atom. The van der Waals surface area contributed by atoms with Crippen molar-refractivity contribution in [2.45, 2.75) is 6.92 Å². The van der Waals surface area contributed by atoms with E-state index in [0.29, 0.717) is 17.0 Å². The Balaban J connectivity index is 0.000000570. The molecule has 0 unspecified atom stereocenters. The van der Waals surface area contributed by atoms with Gasteiger partial charge in [-0.15, -0.1) is 0 Å². The molecular formula is C52H39N3O. The largest absolute Gasteiger partial charge is 0.455 e. The summed E-state index contributed by atoms with van der Waals surface area (Å²) < 4.78 is 6.92. The van der Waals surface area contributed by atoms with Gasteiger partial charge in [-0.2, -0.15) is 0 Å². The normalized spacial score (nSPS) is 11.2. The van der Waals surface area contributed by atoms with Crippen LogP contribution in [0.5, 0.6) is 0 Å². The predicted molar refractivity (Wildman–Crippen MR) is 236 cm³/mol. The van der Waals surface area contributed by atoms with Crippen LogP contribution in [0.2, 0.25) is 0 Å². The van der Waals surface area contributed by atoms with Crippen LogP contribution in [0, 0.1) is 12.3 Å². The number of benzene rings is 8. The zero-order valence-corrected chi connectivity index (χ0v) is 31.1. The molecular weight excluding hydrogens is 683 g/mol. The third-order valence-electron chi connectivity index (χ3n) is 9.81. The lowest BCUT2D eigenvalue weighted by molar-refractivity contribution is 0.671. The van der Waals surface area contributed by atoms with Crippen molar-refractivity contribution in [1.82, 2.24) is 0 Å². The van der Waals surface area contributed by atoms with E-state index in [-0.39, 0.29) is 5.84 Å². The zero-order chi connectivity index (χ0) is 38.3. The molecule has 9 aromatic rings. The molecule has 0 amide bonds. The highest BCUT2D eigenvalue weighted by Gasteiger charge is 2.22. The molecule has 0 aliphatic carbocycles. The Kier molecular flexibility index (Phi) is 10.4. The molecule has 8 aromatic carbocycles. The first-order chi connectivity index (χ1) is 27.6. The Morgan fingerprint density at radius 1 is 0.464 bits per heavy atom. The average Bonchev–Trinajstić information content (AvgIpc) is 3.66. The SMILES string of the molecule is C=NC(=NC(=N)c1ccc(-c2ccccc2)c2oc3c(-c4ccccc4)cc(-c4ccccc4)cc3c12)c1ccccc1-c1ccccc1.Cc1ccccc1. The summed E-state index contributed by atoms with van der Waals surface area (Å²) in [5, 5.41) is 11.2. The topological polar surface area (TPSA) is 61.7 Å². The minimum atomic E-state index is 0.0731. The number of aliphatic imine (C=N–C) groups is 2. The van der Waals surface area contributed by atoms with Crippen LogP contribution in [0.4, 0.5) is 0 Å². The molecule has 0 fully saturated rings. The number of fused-ring (bicyclic) bond motifs is 3. The average molecular weight is 722 g/mol. The van der Waals surface area contributed by atoms with E-state index in [0.717, 1.165) is 66.4 Å². The highest BCUT2D eigenvalue weighted by Crippen LogP contribution is 2.44. The van der Waals surface area contributed by atoms with Crippen LogP contribution in [0.3, 0.4) is 0 Å². The summed E-state index contributed by atoms with van der Waals surface area (Å²) in [6.07, 6.45) is 0. The molecule has 0 spiro atoms. The fraction of sp³-hybridized carbons (Fsp3) is 0.0192. The molecule has 0 saturated heterocycles. The first-order valence-electron chi connectivity index (χ1n) is 18.6. The first-order valence-corrected chi connectivity index (χ1v) is 18.6. The summed E-state index contributed by atoms with van der Waals surface area (Å²) in [5.41, 5.74) is 12.4. The second kappa shape index (κ2) is 16.3. The van der Waals surface area contributed by atoms with E-state index in [1.807, 2.05) is 115 Å². The van der Waals surface area contributed by atoms with E-state index in [1.165, 1.54) is 5.56 Å². The van der Waals surface area contributed by atoms with Crippen LogP contribution in [-0.2, 0) is 0 Å². The molecule has 4 heteroatoms. The fourth-order valence-corrected chi connectivity index (χ4v) is 7.08. The molecule has 0 saturated carbocycles. The lowest BCUT2D eigenvalue weighted by Gasteiger charge is -2.11. The lowest BCUT2D eigenvalue weighted by Crippen LogP contribution is -2.05. The van der Waals surface area contributed by atoms with Gasteiger partial charge in [-0.05, 0) is 71.3 Å². The van der Waals surface area contributed by atoms with Gasteiger partial charge in [-0.3, -0.25) is 5.41 Å². The maximum absolute atomic E-state index is 9.48. The third-order valence-corrected chi connectivity index (χ3v) is 9.81. The number of hydrogen-bond acceptors (Lipinski definition) is 2. The number of rotatable bonds is 6. The number of hydrogen-bond donors (Lipinski definition) is 1. The molecule has 56 heavy (non-hydrogen) atoms. The van der Waals surface area contributed by atoms with Gasteiger partial charge in [0.15, 0.2) is 11.7 Å². The van der Waals surface area contributed by atoms with Crippen LogP contribution in [0.1, 0.15) is 16.7 Å². The molecule has 4 nitrogen and oxygen atoms in total. The zero-order valence-electron chi connectivity index (χ0n) is 31.1. The predicted octanol–water partition coefficient (Wildman–Crippen LogP) is 13.7. The van der Waals surface area contributed by atoms with Gasteiger partial charge >= 0.3 is 0 Å². The van der Waals surface area contributed by atoms with E-state index in [2.05, 4.69) is 104 Å². The van der Waals surface area contributed by atoms with E-state index in [4.69, 9.17) is 9.41 Å². The van der Waals surface area contributed by atoms with Crippen LogP contribution < -0.4 is 0 Å². The van der Waals surface area contributed by atoms with Crippen LogP contribution in [0.25, 0.3) is 66.4 Å². The molecule has 0 aliphatic rings. The first kappa shape index (κ1) is 35.6. The quantitative estimate of drug-likeness (QED) is 0.135. The van der Waals surface area contributed by atoms with Gasteiger partial charge in [0.1, 0.15) is 11.2 Å². The smallest absolute Gasteiger partial charge is 0.161 e. The van der Waals surface area contributed by atoms with Gasteiger partial charge < -0.3 is 4.42 Å². The monoisotopic (exact) mass is 721 g/mol. The second-order valence-corrected chi connectivity index (χ2v) is 13.5. The number of furan rings is 1. The fourth-order valence-electron chi connectivity index (χ4n) is 7.08. The number of nitrogens with one attached hydrogen (secondary N) is 1. The summed E-state index contributed by atoms with van der Waals surface area (Å²) >= 11 is 0. The van der Waals surface area contributed by atoms with Crippen LogP contribution in [0.15, 0.2) is 215 Å². The van der Waals surface area contributed by atoms with Crippen LogP contribution in [-0.4, -0.2) is 18.4 Å². The standard InChI is InChI=1S/C45H31N3O.C7H8/c1-47-45(37-25-15-14-24-35(37)31-18-8-3-9-19-31)48-44(46)38-27-26-36(32-20-10-4-11-21-32)43-41(38)40-29-34(30-16-6-2-7-17-30)28-39(42(40)49-43)33-22-12-5-13-23-33;1-7-5-3-2-4-6-7/h2-29,46H,1H2;2-6H,1H3. The van der Waals surface area contributed by atoms with Crippen molar-refractivity contribution in [3.8, 4) is 44.5 Å². The minimum absolute atomic E-state index is 0.0731. The summed E-state index contributed by atoms with van der Waals surface area (Å²) in [6, 6.07) is 67.6. The van der Waals surface area contributed by atoms with Crippen molar-refractivity contribution in [2.24, 2.45) is 9.98 Å². The Labute approximate surface area is 327 Å². The van der Waals surface area contributed by atoms with Gasteiger partial charge in [0.25, 0.3) is 0 Å².